The SMILES string of the molecule is CC(C)OC(=O)N[C@@H](CC1CCCCC1)C(=O)NCc1ccc2c(c1)CN(C1CCC(=O)NC1=O)C2=O. The van der Waals surface area contributed by atoms with Crippen molar-refractivity contribution in [3.05, 3.63) is 34.9 Å². The second kappa shape index (κ2) is 11.7. The Hall–Kier alpha value is -3.43. The normalized spacial score (nSPS) is 20.9. The fourth-order valence-corrected chi connectivity index (χ4v) is 5.43. The molecule has 0 aromatic heterocycles. The number of nitrogens with zero attached hydrogens (tertiary/aromatic N) is 1. The summed E-state index contributed by atoms with van der Waals surface area (Å²) in [7, 11) is 0. The third-order valence-electron chi connectivity index (χ3n) is 7.30. The summed E-state index contributed by atoms with van der Waals surface area (Å²) in [5.74, 6) is -0.892. The molecule has 0 spiro atoms. The largest absolute Gasteiger partial charge is 0.447 e. The molecule has 200 valence electrons. The van der Waals surface area contributed by atoms with Gasteiger partial charge in [-0.25, -0.2) is 4.79 Å². The van der Waals surface area contributed by atoms with E-state index in [0.717, 1.165) is 36.8 Å². The van der Waals surface area contributed by atoms with Crippen molar-refractivity contribution in [2.75, 3.05) is 0 Å². The van der Waals surface area contributed by atoms with E-state index in [4.69, 9.17) is 4.74 Å². The monoisotopic (exact) mass is 512 g/mol. The fraction of sp³-hybridized carbons (Fsp3) is 0.593. The molecule has 2 heterocycles. The van der Waals surface area contributed by atoms with Crippen LogP contribution in [0.15, 0.2) is 18.2 Å². The summed E-state index contributed by atoms with van der Waals surface area (Å²) in [5, 5.41) is 7.97. The van der Waals surface area contributed by atoms with Gasteiger partial charge in [-0.3, -0.25) is 24.5 Å². The number of hydrogen-bond donors (Lipinski definition) is 3. The van der Waals surface area contributed by atoms with Crippen molar-refractivity contribution < 1.29 is 28.7 Å². The highest BCUT2D eigenvalue weighted by Crippen LogP contribution is 2.29. The molecule has 2 fully saturated rings. The van der Waals surface area contributed by atoms with E-state index in [-0.39, 0.29) is 43.3 Å². The molecule has 1 unspecified atom stereocenters. The molecule has 0 radical (unpaired) electrons. The quantitative estimate of drug-likeness (QED) is 0.459. The highest BCUT2D eigenvalue weighted by atomic mass is 16.6. The van der Waals surface area contributed by atoms with Gasteiger partial charge in [-0.2, -0.15) is 0 Å². The predicted molar refractivity (Wildman–Crippen MR) is 134 cm³/mol. The average molecular weight is 513 g/mol. The topological polar surface area (TPSA) is 134 Å². The predicted octanol–water partition coefficient (Wildman–Crippen LogP) is 2.54. The number of fused-ring (bicyclic) bond motifs is 1. The number of alkyl carbamates (subject to hydrolysis) is 1. The Kier molecular flexibility index (Phi) is 8.45. The summed E-state index contributed by atoms with van der Waals surface area (Å²) in [5.41, 5.74) is 2.11. The molecule has 0 bridgehead atoms. The van der Waals surface area contributed by atoms with Crippen LogP contribution in [-0.4, -0.2) is 52.8 Å². The maximum absolute atomic E-state index is 13.1. The van der Waals surface area contributed by atoms with Crippen LogP contribution in [0.4, 0.5) is 4.79 Å². The summed E-state index contributed by atoms with van der Waals surface area (Å²) in [4.78, 5) is 63.5. The highest BCUT2D eigenvalue weighted by molar-refractivity contribution is 6.05. The Morgan fingerprint density at radius 1 is 1.11 bits per heavy atom. The Morgan fingerprint density at radius 3 is 2.57 bits per heavy atom. The lowest BCUT2D eigenvalue weighted by atomic mass is 9.84. The van der Waals surface area contributed by atoms with Crippen molar-refractivity contribution in [3.63, 3.8) is 0 Å². The fourth-order valence-electron chi connectivity index (χ4n) is 5.43. The number of nitrogens with one attached hydrogen (secondary N) is 3. The molecule has 2 aliphatic heterocycles. The molecule has 1 aliphatic carbocycles. The minimum Gasteiger partial charge on any atom is -0.447 e. The minimum absolute atomic E-state index is 0.203. The number of rotatable bonds is 8. The molecule has 3 aliphatic rings. The molecule has 37 heavy (non-hydrogen) atoms. The van der Waals surface area contributed by atoms with Crippen LogP contribution < -0.4 is 16.0 Å². The molecule has 2 atom stereocenters. The Morgan fingerprint density at radius 2 is 1.86 bits per heavy atom. The molecule has 1 aromatic rings. The van der Waals surface area contributed by atoms with Gasteiger partial charge in [0.05, 0.1) is 6.10 Å². The van der Waals surface area contributed by atoms with Gasteiger partial charge in [-0.15, -0.1) is 0 Å². The lowest BCUT2D eigenvalue weighted by Crippen LogP contribution is -2.52. The van der Waals surface area contributed by atoms with Crippen LogP contribution in [0.2, 0.25) is 0 Å². The van der Waals surface area contributed by atoms with Crippen molar-refractivity contribution in [1.29, 1.82) is 0 Å². The van der Waals surface area contributed by atoms with Crippen LogP contribution in [0.25, 0.3) is 0 Å². The zero-order valence-corrected chi connectivity index (χ0v) is 21.5. The lowest BCUT2D eigenvalue weighted by Gasteiger charge is -2.29. The average Bonchev–Trinajstić information content (AvgIpc) is 3.17. The van der Waals surface area contributed by atoms with Crippen LogP contribution in [0.3, 0.4) is 0 Å². The Bertz CT molecular complexity index is 1060. The molecule has 1 saturated carbocycles. The maximum atomic E-state index is 13.1. The van der Waals surface area contributed by atoms with E-state index in [1.54, 1.807) is 26.0 Å². The van der Waals surface area contributed by atoms with Crippen molar-refractivity contribution in [2.45, 2.75) is 96.5 Å². The molecule has 5 amide bonds. The van der Waals surface area contributed by atoms with E-state index in [1.807, 2.05) is 6.07 Å². The second-order valence-corrected chi connectivity index (χ2v) is 10.5. The first-order chi connectivity index (χ1) is 17.7. The van der Waals surface area contributed by atoms with E-state index in [1.165, 1.54) is 11.3 Å². The molecule has 4 rings (SSSR count). The number of hydrogen-bond acceptors (Lipinski definition) is 6. The number of carbonyl (C=O) groups excluding carboxylic acids is 5. The zero-order valence-electron chi connectivity index (χ0n) is 21.5. The first-order valence-corrected chi connectivity index (χ1v) is 13.2. The molecule has 10 heteroatoms. The third-order valence-corrected chi connectivity index (χ3v) is 7.30. The van der Waals surface area contributed by atoms with Crippen LogP contribution >= 0.6 is 0 Å². The second-order valence-electron chi connectivity index (χ2n) is 10.5. The Labute approximate surface area is 216 Å². The molecule has 3 N–H and O–H groups in total. The summed E-state index contributed by atoms with van der Waals surface area (Å²) in [6, 6.07) is 3.99. The molecule has 1 aromatic carbocycles. The highest BCUT2D eigenvalue weighted by Gasteiger charge is 2.39. The van der Waals surface area contributed by atoms with Gasteiger partial charge < -0.3 is 20.3 Å². The van der Waals surface area contributed by atoms with Gasteiger partial charge in [-0.05, 0) is 49.8 Å². The number of carbonyl (C=O) groups is 5. The van der Waals surface area contributed by atoms with Gasteiger partial charge in [-0.1, -0.05) is 44.2 Å². The van der Waals surface area contributed by atoms with E-state index < -0.39 is 24.1 Å². The number of ether oxygens (including phenoxy) is 1. The van der Waals surface area contributed by atoms with Gasteiger partial charge in [0.2, 0.25) is 17.7 Å². The first-order valence-electron chi connectivity index (χ1n) is 13.2. The van der Waals surface area contributed by atoms with E-state index in [9.17, 15) is 24.0 Å². The summed E-state index contributed by atoms with van der Waals surface area (Å²) < 4.78 is 5.20. The first kappa shape index (κ1) is 26.6. The van der Waals surface area contributed by atoms with Crippen LogP contribution in [0.5, 0.6) is 0 Å². The third kappa shape index (κ3) is 6.67. The number of imide groups is 1. The van der Waals surface area contributed by atoms with Gasteiger partial charge in [0, 0.05) is 25.1 Å². The summed E-state index contributed by atoms with van der Waals surface area (Å²) in [6.07, 6.45) is 5.77. The summed E-state index contributed by atoms with van der Waals surface area (Å²) in [6.45, 7) is 4.03. The van der Waals surface area contributed by atoms with Crippen molar-refractivity contribution in [1.82, 2.24) is 20.9 Å². The molecular weight excluding hydrogens is 476 g/mol. The zero-order chi connectivity index (χ0) is 26.5. The van der Waals surface area contributed by atoms with Crippen molar-refractivity contribution in [3.8, 4) is 0 Å². The van der Waals surface area contributed by atoms with Gasteiger partial charge >= 0.3 is 6.09 Å². The van der Waals surface area contributed by atoms with E-state index in [0.29, 0.717) is 24.3 Å². The van der Waals surface area contributed by atoms with Crippen molar-refractivity contribution in [2.24, 2.45) is 5.92 Å². The Balaban J connectivity index is 1.38. The van der Waals surface area contributed by atoms with Gasteiger partial charge in [0.25, 0.3) is 5.91 Å². The van der Waals surface area contributed by atoms with Crippen LogP contribution in [-0.2, 0) is 32.2 Å². The number of amides is 5. The van der Waals surface area contributed by atoms with E-state index >= 15 is 0 Å². The number of piperidine rings is 1. The molecular formula is C27H36N4O6. The van der Waals surface area contributed by atoms with E-state index in [2.05, 4.69) is 16.0 Å². The van der Waals surface area contributed by atoms with Gasteiger partial charge in [0.1, 0.15) is 12.1 Å². The summed E-state index contributed by atoms with van der Waals surface area (Å²) >= 11 is 0. The van der Waals surface area contributed by atoms with Gasteiger partial charge in [0.15, 0.2) is 0 Å². The van der Waals surface area contributed by atoms with Crippen molar-refractivity contribution >= 4 is 29.7 Å². The lowest BCUT2D eigenvalue weighted by molar-refractivity contribution is -0.137. The maximum Gasteiger partial charge on any atom is 0.408 e. The smallest absolute Gasteiger partial charge is 0.408 e. The number of benzene rings is 1. The molecule has 10 nitrogen and oxygen atoms in total. The standard InChI is InChI=1S/C27H36N4O6/c1-16(2)37-27(36)29-21(13-17-6-4-3-5-7-17)24(33)28-14-18-8-9-20-19(12-18)15-31(26(20)35)22-10-11-23(32)30-25(22)34/h8-9,12,16-17,21-22H,3-7,10-11,13-15H2,1-2H3,(H,28,33)(H,29,36)(H,30,32,34)/t21-,22?/m0/s1. The van der Waals surface area contributed by atoms with Crippen LogP contribution in [0.1, 0.15) is 86.7 Å². The molecule has 1 saturated heterocycles. The minimum atomic E-state index is -0.687. The van der Waals surface area contributed by atoms with Crippen LogP contribution in [0, 0.1) is 5.92 Å².